The maximum Gasteiger partial charge on any atom is 0.160 e. The second-order valence-corrected chi connectivity index (χ2v) is 4.14. The lowest BCUT2D eigenvalue weighted by atomic mass is 9.89. The van der Waals surface area contributed by atoms with Crippen LogP contribution in [0.4, 0.5) is 0 Å². The fourth-order valence-corrected chi connectivity index (χ4v) is 2.01. The van der Waals surface area contributed by atoms with Gasteiger partial charge in [0.25, 0.3) is 0 Å². The van der Waals surface area contributed by atoms with Crippen molar-refractivity contribution in [1.82, 2.24) is 0 Å². The molecule has 0 aromatic heterocycles. The van der Waals surface area contributed by atoms with Crippen LogP contribution in [0.25, 0.3) is 0 Å². The van der Waals surface area contributed by atoms with Crippen molar-refractivity contribution in [3.05, 3.63) is 22.3 Å². The van der Waals surface area contributed by atoms with Crippen molar-refractivity contribution in [3.8, 4) is 11.5 Å². The van der Waals surface area contributed by atoms with Gasteiger partial charge in [-0.05, 0) is 48.9 Å². The van der Waals surface area contributed by atoms with Crippen molar-refractivity contribution in [1.29, 1.82) is 0 Å². The van der Waals surface area contributed by atoms with Gasteiger partial charge in [-0.2, -0.15) is 0 Å². The van der Waals surface area contributed by atoms with Gasteiger partial charge in [0.2, 0.25) is 0 Å². The summed E-state index contributed by atoms with van der Waals surface area (Å²) in [4.78, 5) is 0. The molecule has 0 saturated carbocycles. The molecule has 78 valence electrons. The first-order valence-corrected chi connectivity index (χ1v) is 4.89. The molecule has 0 heterocycles. The highest BCUT2D eigenvalue weighted by atomic mass is 16.3. The Morgan fingerprint density at radius 2 is 1.21 bits per heavy atom. The molecule has 0 aliphatic carbocycles. The summed E-state index contributed by atoms with van der Waals surface area (Å²) in [5.74, 6) is 0.404. The molecule has 0 bridgehead atoms. The molecule has 2 nitrogen and oxygen atoms in total. The van der Waals surface area contributed by atoms with Crippen molar-refractivity contribution in [3.63, 3.8) is 0 Å². The summed E-state index contributed by atoms with van der Waals surface area (Å²) >= 11 is 0. The third-order valence-corrected chi connectivity index (χ3v) is 2.88. The Kier molecular flexibility index (Phi) is 2.74. The number of rotatable bonds is 1. The van der Waals surface area contributed by atoms with Gasteiger partial charge >= 0.3 is 0 Å². The summed E-state index contributed by atoms with van der Waals surface area (Å²) in [5.41, 5.74) is 3.78. The van der Waals surface area contributed by atoms with Crippen molar-refractivity contribution < 1.29 is 10.2 Å². The third-order valence-electron chi connectivity index (χ3n) is 2.88. The summed E-state index contributed by atoms with van der Waals surface area (Å²) in [6.07, 6.45) is 0. The van der Waals surface area contributed by atoms with Gasteiger partial charge in [-0.1, -0.05) is 13.8 Å². The smallest absolute Gasteiger partial charge is 0.160 e. The highest BCUT2D eigenvalue weighted by molar-refractivity contribution is 5.58. The van der Waals surface area contributed by atoms with Crippen molar-refractivity contribution in [2.75, 3.05) is 0 Å². The molecule has 2 heteroatoms. The minimum Gasteiger partial charge on any atom is -0.504 e. The van der Waals surface area contributed by atoms with Crippen LogP contribution in [0, 0.1) is 20.8 Å². The second-order valence-electron chi connectivity index (χ2n) is 4.14. The van der Waals surface area contributed by atoms with Crippen molar-refractivity contribution in [2.45, 2.75) is 40.5 Å². The lowest BCUT2D eigenvalue weighted by Crippen LogP contribution is -1.99. The molecule has 0 saturated heterocycles. The third kappa shape index (κ3) is 1.45. The Morgan fingerprint density at radius 1 is 0.786 bits per heavy atom. The van der Waals surface area contributed by atoms with Crippen LogP contribution in [-0.2, 0) is 0 Å². The van der Waals surface area contributed by atoms with Crippen LogP contribution in [0.3, 0.4) is 0 Å². The van der Waals surface area contributed by atoms with Gasteiger partial charge < -0.3 is 10.2 Å². The van der Waals surface area contributed by atoms with E-state index >= 15 is 0 Å². The van der Waals surface area contributed by atoms with E-state index in [1.54, 1.807) is 0 Å². The first-order valence-electron chi connectivity index (χ1n) is 4.89. The average molecular weight is 194 g/mol. The van der Waals surface area contributed by atoms with Crippen LogP contribution >= 0.6 is 0 Å². The topological polar surface area (TPSA) is 40.5 Å². The van der Waals surface area contributed by atoms with Gasteiger partial charge in [-0.15, -0.1) is 0 Å². The largest absolute Gasteiger partial charge is 0.504 e. The molecule has 0 aliphatic heterocycles. The molecule has 1 aromatic rings. The molecule has 0 aliphatic rings. The first-order chi connectivity index (χ1) is 6.37. The number of phenols is 2. The molecule has 2 N–H and O–H groups in total. The van der Waals surface area contributed by atoms with Crippen LogP contribution in [0.15, 0.2) is 0 Å². The zero-order chi connectivity index (χ0) is 11.0. The quantitative estimate of drug-likeness (QED) is 0.674. The zero-order valence-electron chi connectivity index (χ0n) is 9.47. The van der Waals surface area contributed by atoms with Crippen LogP contribution in [-0.4, -0.2) is 10.2 Å². The molecule has 0 amide bonds. The molecule has 14 heavy (non-hydrogen) atoms. The normalized spacial score (nSPS) is 11.0. The predicted molar refractivity (Wildman–Crippen MR) is 58.1 cm³/mol. The lowest BCUT2D eigenvalue weighted by molar-refractivity contribution is 0.396. The van der Waals surface area contributed by atoms with Gasteiger partial charge in [0, 0.05) is 0 Å². The average Bonchev–Trinajstić information content (AvgIpc) is 2.11. The Hall–Kier alpha value is -1.18. The van der Waals surface area contributed by atoms with E-state index in [9.17, 15) is 10.2 Å². The SMILES string of the molecule is Cc1c(C)c(C(C)C)c(C)c(O)c1O. The Bertz CT molecular complexity index is 336. The van der Waals surface area contributed by atoms with E-state index in [0.29, 0.717) is 5.92 Å². The molecule has 1 rings (SSSR count). The summed E-state index contributed by atoms with van der Waals surface area (Å²) in [5, 5.41) is 19.3. The molecule has 0 spiro atoms. The van der Waals surface area contributed by atoms with Crippen LogP contribution < -0.4 is 0 Å². The minimum atomic E-state index is 0.0180. The monoisotopic (exact) mass is 194 g/mol. The van der Waals surface area contributed by atoms with E-state index in [2.05, 4.69) is 13.8 Å². The highest BCUT2D eigenvalue weighted by Crippen LogP contribution is 2.39. The second kappa shape index (κ2) is 3.52. The number of phenolic OH excluding ortho intramolecular Hbond substituents is 2. The Balaban J connectivity index is 3.60. The van der Waals surface area contributed by atoms with E-state index in [1.807, 2.05) is 20.8 Å². The molecule has 0 atom stereocenters. The minimum absolute atomic E-state index is 0.0180. The summed E-state index contributed by atoms with van der Waals surface area (Å²) in [6.45, 7) is 9.83. The summed E-state index contributed by atoms with van der Waals surface area (Å²) < 4.78 is 0. The number of hydrogen-bond donors (Lipinski definition) is 2. The van der Waals surface area contributed by atoms with E-state index in [0.717, 1.165) is 22.3 Å². The molecular formula is C12H18O2. The van der Waals surface area contributed by atoms with E-state index < -0.39 is 0 Å². The number of aromatic hydroxyl groups is 2. The highest BCUT2D eigenvalue weighted by Gasteiger charge is 2.17. The molecule has 1 aromatic carbocycles. The van der Waals surface area contributed by atoms with Crippen LogP contribution in [0.2, 0.25) is 0 Å². The lowest BCUT2D eigenvalue weighted by Gasteiger charge is -2.18. The van der Waals surface area contributed by atoms with Gasteiger partial charge in [-0.3, -0.25) is 0 Å². The van der Waals surface area contributed by atoms with Crippen LogP contribution in [0.5, 0.6) is 11.5 Å². The van der Waals surface area contributed by atoms with Crippen LogP contribution in [0.1, 0.15) is 42.0 Å². The van der Waals surface area contributed by atoms with Gasteiger partial charge in [0.15, 0.2) is 11.5 Å². The Labute approximate surface area is 85.2 Å². The number of hydrogen-bond acceptors (Lipinski definition) is 2. The van der Waals surface area contributed by atoms with E-state index in [-0.39, 0.29) is 11.5 Å². The maximum absolute atomic E-state index is 9.69. The predicted octanol–water partition coefficient (Wildman–Crippen LogP) is 3.15. The summed E-state index contributed by atoms with van der Waals surface area (Å²) in [7, 11) is 0. The van der Waals surface area contributed by atoms with Crippen molar-refractivity contribution >= 4 is 0 Å². The molecule has 0 radical (unpaired) electrons. The fourth-order valence-electron chi connectivity index (χ4n) is 2.01. The maximum atomic E-state index is 9.69. The fraction of sp³-hybridized carbons (Fsp3) is 0.500. The number of benzene rings is 1. The first kappa shape index (κ1) is 10.9. The summed E-state index contributed by atoms with van der Waals surface area (Å²) in [6, 6.07) is 0. The standard InChI is InChI=1S/C12H18O2/c1-6(2)10-7(3)8(4)11(13)12(14)9(10)5/h6,13-14H,1-5H3. The molecule has 0 unspecified atom stereocenters. The van der Waals surface area contributed by atoms with Gasteiger partial charge in [0.1, 0.15) is 0 Å². The molecular weight excluding hydrogens is 176 g/mol. The van der Waals surface area contributed by atoms with E-state index in [4.69, 9.17) is 0 Å². The van der Waals surface area contributed by atoms with Gasteiger partial charge in [-0.25, -0.2) is 0 Å². The molecule has 0 fully saturated rings. The van der Waals surface area contributed by atoms with E-state index in [1.165, 1.54) is 0 Å². The zero-order valence-corrected chi connectivity index (χ0v) is 9.47. The van der Waals surface area contributed by atoms with Gasteiger partial charge in [0.05, 0.1) is 0 Å². The van der Waals surface area contributed by atoms with Crippen molar-refractivity contribution in [2.24, 2.45) is 0 Å². The Morgan fingerprint density at radius 3 is 1.64 bits per heavy atom.